The number of anilines is 2. The van der Waals surface area contributed by atoms with Crippen molar-refractivity contribution in [2.45, 2.75) is 6.92 Å². The Labute approximate surface area is 116 Å². The summed E-state index contributed by atoms with van der Waals surface area (Å²) in [6, 6.07) is 11.3. The van der Waals surface area contributed by atoms with E-state index >= 15 is 0 Å². The number of urea groups is 1. The number of rotatable bonds is 2. The van der Waals surface area contributed by atoms with E-state index in [0.29, 0.717) is 16.4 Å². The van der Waals surface area contributed by atoms with E-state index in [0.717, 1.165) is 5.56 Å². The minimum Gasteiger partial charge on any atom is -0.506 e. The van der Waals surface area contributed by atoms with Crippen LogP contribution in [-0.4, -0.2) is 11.1 Å². The van der Waals surface area contributed by atoms with Crippen molar-refractivity contribution >= 4 is 29.0 Å². The summed E-state index contributed by atoms with van der Waals surface area (Å²) >= 11 is 5.84. The number of carbonyl (C=O) groups excluding carboxylic acids is 1. The number of phenols is 1. The number of hydrogen-bond acceptors (Lipinski definition) is 2. The first-order chi connectivity index (χ1) is 9.06. The third-order valence-corrected chi connectivity index (χ3v) is 2.82. The van der Waals surface area contributed by atoms with Gasteiger partial charge in [-0.2, -0.15) is 0 Å². The van der Waals surface area contributed by atoms with Gasteiger partial charge in [0.05, 0.1) is 5.69 Å². The maximum atomic E-state index is 11.8. The largest absolute Gasteiger partial charge is 0.506 e. The van der Waals surface area contributed by atoms with Crippen LogP contribution in [0.4, 0.5) is 16.2 Å². The number of benzene rings is 2. The van der Waals surface area contributed by atoms with Gasteiger partial charge in [0, 0.05) is 10.7 Å². The van der Waals surface area contributed by atoms with Crippen LogP contribution in [-0.2, 0) is 0 Å². The van der Waals surface area contributed by atoms with Gasteiger partial charge in [0.15, 0.2) is 0 Å². The Morgan fingerprint density at radius 2 is 1.79 bits per heavy atom. The molecule has 0 atom stereocenters. The second kappa shape index (κ2) is 5.63. The van der Waals surface area contributed by atoms with Crippen molar-refractivity contribution in [2.75, 3.05) is 10.6 Å². The number of amides is 2. The SMILES string of the molecule is Cc1cc(Cl)ccc1NC(=O)Nc1ccccc1O. The van der Waals surface area contributed by atoms with Gasteiger partial charge >= 0.3 is 6.03 Å². The Hall–Kier alpha value is -2.20. The predicted molar refractivity (Wildman–Crippen MR) is 76.9 cm³/mol. The molecule has 0 spiro atoms. The summed E-state index contributed by atoms with van der Waals surface area (Å²) in [5, 5.41) is 15.4. The quantitative estimate of drug-likeness (QED) is 0.726. The second-order valence-electron chi connectivity index (χ2n) is 4.06. The molecule has 0 saturated heterocycles. The molecule has 2 amide bonds. The van der Waals surface area contributed by atoms with Crippen LogP contribution in [0.15, 0.2) is 42.5 Å². The van der Waals surface area contributed by atoms with Gasteiger partial charge in [-0.15, -0.1) is 0 Å². The Balaban J connectivity index is 2.08. The molecule has 0 fully saturated rings. The van der Waals surface area contributed by atoms with Gasteiger partial charge < -0.3 is 15.7 Å². The highest BCUT2D eigenvalue weighted by Crippen LogP contribution is 2.23. The minimum atomic E-state index is -0.424. The molecule has 0 aliphatic rings. The topological polar surface area (TPSA) is 61.4 Å². The molecule has 2 aromatic rings. The summed E-state index contributed by atoms with van der Waals surface area (Å²) in [4.78, 5) is 11.8. The maximum Gasteiger partial charge on any atom is 0.323 e. The molecule has 0 aliphatic carbocycles. The van der Waals surface area contributed by atoms with Crippen LogP contribution < -0.4 is 10.6 Å². The molecular weight excluding hydrogens is 264 g/mol. The van der Waals surface area contributed by atoms with E-state index in [9.17, 15) is 9.90 Å². The molecule has 2 aromatic carbocycles. The van der Waals surface area contributed by atoms with Crippen molar-refractivity contribution < 1.29 is 9.90 Å². The lowest BCUT2D eigenvalue weighted by atomic mass is 10.2. The molecule has 2 rings (SSSR count). The molecule has 0 saturated carbocycles. The number of nitrogens with one attached hydrogen (secondary N) is 2. The molecule has 19 heavy (non-hydrogen) atoms. The Morgan fingerprint density at radius 3 is 2.47 bits per heavy atom. The van der Waals surface area contributed by atoms with Crippen LogP contribution >= 0.6 is 11.6 Å². The summed E-state index contributed by atoms with van der Waals surface area (Å²) < 4.78 is 0. The highest BCUT2D eigenvalue weighted by Gasteiger charge is 2.07. The standard InChI is InChI=1S/C14H13ClN2O2/c1-9-8-10(15)6-7-11(9)16-14(19)17-12-4-2-3-5-13(12)18/h2-8,18H,1H3,(H2,16,17,19). The molecular formula is C14H13ClN2O2. The van der Waals surface area contributed by atoms with Gasteiger partial charge in [-0.3, -0.25) is 0 Å². The number of aryl methyl sites for hydroxylation is 1. The highest BCUT2D eigenvalue weighted by atomic mass is 35.5. The number of aromatic hydroxyl groups is 1. The number of halogens is 1. The van der Waals surface area contributed by atoms with E-state index in [1.165, 1.54) is 6.07 Å². The molecule has 3 N–H and O–H groups in total. The third-order valence-electron chi connectivity index (χ3n) is 2.59. The monoisotopic (exact) mass is 276 g/mol. The average Bonchev–Trinajstić information content (AvgIpc) is 2.36. The summed E-state index contributed by atoms with van der Waals surface area (Å²) in [7, 11) is 0. The van der Waals surface area contributed by atoms with Crippen molar-refractivity contribution in [1.82, 2.24) is 0 Å². The lowest BCUT2D eigenvalue weighted by molar-refractivity contribution is 0.262. The summed E-state index contributed by atoms with van der Waals surface area (Å²) in [5.41, 5.74) is 1.88. The first kappa shape index (κ1) is 13.2. The molecule has 4 nitrogen and oxygen atoms in total. The smallest absolute Gasteiger partial charge is 0.323 e. The average molecular weight is 277 g/mol. The number of para-hydroxylation sites is 2. The minimum absolute atomic E-state index is 0.0190. The fraction of sp³-hybridized carbons (Fsp3) is 0.0714. The van der Waals surface area contributed by atoms with Crippen molar-refractivity contribution in [2.24, 2.45) is 0 Å². The molecule has 0 unspecified atom stereocenters. The van der Waals surface area contributed by atoms with E-state index in [-0.39, 0.29) is 5.75 Å². The highest BCUT2D eigenvalue weighted by molar-refractivity contribution is 6.30. The van der Waals surface area contributed by atoms with Gasteiger partial charge in [0.1, 0.15) is 5.75 Å². The summed E-state index contributed by atoms with van der Waals surface area (Å²) in [6.45, 7) is 1.85. The number of carbonyl (C=O) groups is 1. The first-order valence-corrected chi connectivity index (χ1v) is 6.06. The van der Waals surface area contributed by atoms with Gasteiger partial charge in [-0.05, 0) is 42.8 Å². The van der Waals surface area contributed by atoms with Gasteiger partial charge in [0.2, 0.25) is 0 Å². The van der Waals surface area contributed by atoms with Crippen LogP contribution in [0.5, 0.6) is 5.75 Å². The van der Waals surface area contributed by atoms with Crippen molar-refractivity contribution in [1.29, 1.82) is 0 Å². The van der Waals surface area contributed by atoms with E-state index in [1.54, 1.807) is 36.4 Å². The molecule has 0 aliphatic heterocycles. The molecule has 98 valence electrons. The van der Waals surface area contributed by atoms with Crippen LogP contribution in [0.1, 0.15) is 5.56 Å². The van der Waals surface area contributed by atoms with Crippen LogP contribution in [0.25, 0.3) is 0 Å². The van der Waals surface area contributed by atoms with Gasteiger partial charge in [0.25, 0.3) is 0 Å². The van der Waals surface area contributed by atoms with E-state index in [4.69, 9.17) is 11.6 Å². The van der Waals surface area contributed by atoms with Crippen LogP contribution in [0, 0.1) is 6.92 Å². The summed E-state index contributed by atoms with van der Waals surface area (Å²) in [5.74, 6) is 0.0190. The zero-order valence-electron chi connectivity index (χ0n) is 10.3. The lowest BCUT2D eigenvalue weighted by Crippen LogP contribution is -2.19. The zero-order chi connectivity index (χ0) is 13.8. The van der Waals surface area contributed by atoms with Crippen LogP contribution in [0.2, 0.25) is 5.02 Å². The maximum absolute atomic E-state index is 11.8. The third kappa shape index (κ3) is 3.39. The summed E-state index contributed by atoms with van der Waals surface area (Å²) in [6.07, 6.45) is 0. The fourth-order valence-corrected chi connectivity index (χ4v) is 1.85. The van der Waals surface area contributed by atoms with Crippen molar-refractivity contribution in [3.8, 4) is 5.75 Å². The number of hydrogen-bond donors (Lipinski definition) is 3. The van der Waals surface area contributed by atoms with Crippen molar-refractivity contribution in [3.63, 3.8) is 0 Å². The molecule has 0 bridgehead atoms. The zero-order valence-corrected chi connectivity index (χ0v) is 11.0. The van der Waals surface area contributed by atoms with Gasteiger partial charge in [-0.25, -0.2) is 4.79 Å². The number of phenolic OH excluding ortho intramolecular Hbond substituents is 1. The van der Waals surface area contributed by atoms with E-state index in [2.05, 4.69) is 10.6 Å². The van der Waals surface area contributed by atoms with Crippen LogP contribution in [0.3, 0.4) is 0 Å². The Kier molecular flexibility index (Phi) is 3.92. The molecule has 5 heteroatoms. The fourth-order valence-electron chi connectivity index (χ4n) is 1.62. The Morgan fingerprint density at radius 1 is 1.11 bits per heavy atom. The van der Waals surface area contributed by atoms with Crippen molar-refractivity contribution in [3.05, 3.63) is 53.1 Å². The molecule has 0 heterocycles. The van der Waals surface area contributed by atoms with E-state index < -0.39 is 6.03 Å². The normalized spacial score (nSPS) is 10.0. The molecule has 0 radical (unpaired) electrons. The van der Waals surface area contributed by atoms with E-state index in [1.807, 2.05) is 6.92 Å². The first-order valence-electron chi connectivity index (χ1n) is 5.68. The van der Waals surface area contributed by atoms with Gasteiger partial charge in [-0.1, -0.05) is 23.7 Å². The predicted octanol–water partition coefficient (Wildman–Crippen LogP) is 4.00. The molecule has 0 aromatic heterocycles. The second-order valence-corrected chi connectivity index (χ2v) is 4.49. The lowest BCUT2D eigenvalue weighted by Gasteiger charge is -2.10. The Bertz CT molecular complexity index is 614.